The molecule has 1 N–H and O–H groups in total. The summed E-state index contributed by atoms with van der Waals surface area (Å²) in [5.74, 6) is 0. The fourth-order valence-electron chi connectivity index (χ4n) is 1.67. The number of rotatable bonds is 7. The second-order valence-corrected chi connectivity index (χ2v) is 8.09. The zero-order valence-corrected chi connectivity index (χ0v) is 14.4. The molecular formula is C10H22N2O7SSi. The van der Waals surface area contributed by atoms with Crippen LogP contribution in [0.15, 0.2) is 18.7 Å². The van der Waals surface area contributed by atoms with E-state index in [-0.39, 0.29) is 0 Å². The van der Waals surface area contributed by atoms with E-state index in [1.54, 1.807) is 21.3 Å². The van der Waals surface area contributed by atoms with Gasteiger partial charge in [-0.15, -0.1) is 0 Å². The van der Waals surface area contributed by atoms with Gasteiger partial charge in [0.1, 0.15) is 12.4 Å². The highest BCUT2D eigenvalue weighted by Gasteiger charge is 2.37. The van der Waals surface area contributed by atoms with Crippen molar-refractivity contribution in [2.24, 2.45) is 7.05 Å². The number of hydrogen-bond acceptors (Lipinski definition) is 6. The van der Waals surface area contributed by atoms with E-state index >= 15 is 0 Å². The minimum Gasteiger partial charge on any atom is -0.726 e. The Kier molecular flexibility index (Phi) is 8.88. The van der Waals surface area contributed by atoms with E-state index in [0.29, 0.717) is 0 Å². The molecule has 1 heterocycles. The minimum absolute atomic E-state index is 0.832. The third-order valence-corrected chi connectivity index (χ3v) is 5.49. The Balaban J connectivity index is 0.000000690. The Morgan fingerprint density at radius 1 is 1.29 bits per heavy atom. The summed E-state index contributed by atoms with van der Waals surface area (Å²) in [4.78, 5) is 0. The van der Waals surface area contributed by atoms with Crippen LogP contribution >= 0.6 is 0 Å². The van der Waals surface area contributed by atoms with Gasteiger partial charge in [0.15, 0.2) is 0 Å². The first-order valence-corrected chi connectivity index (χ1v) is 9.30. The van der Waals surface area contributed by atoms with Crippen LogP contribution < -0.4 is 4.57 Å². The monoisotopic (exact) mass is 342 g/mol. The summed E-state index contributed by atoms with van der Waals surface area (Å²) < 4.78 is 53.1. The van der Waals surface area contributed by atoms with Gasteiger partial charge < -0.3 is 17.8 Å². The summed E-state index contributed by atoms with van der Waals surface area (Å²) in [6.07, 6.45) is 7.11. The Hall–Kier alpha value is -0.823. The molecule has 11 heteroatoms. The van der Waals surface area contributed by atoms with Gasteiger partial charge in [0.25, 0.3) is 0 Å². The van der Waals surface area contributed by atoms with E-state index in [2.05, 4.69) is 17.1 Å². The van der Waals surface area contributed by atoms with E-state index in [1.807, 2.05) is 17.8 Å². The lowest BCUT2D eigenvalue weighted by atomic mass is 10.5. The lowest BCUT2D eigenvalue weighted by Gasteiger charge is -2.23. The predicted molar refractivity (Wildman–Crippen MR) is 74.1 cm³/mol. The van der Waals surface area contributed by atoms with Crippen LogP contribution in [0.1, 0.15) is 6.42 Å². The molecule has 0 saturated carbocycles. The number of aromatic nitrogens is 2. The maximum atomic E-state index is 8.63. The minimum atomic E-state index is -4.92. The first-order valence-electron chi connectivity index (χ1n) is 6.00. The van der Waals surface area contributed by atoms with E-state index in [9.17, 15) is 0 Å². The number of hydrogen-bond donors (Lipinski definition) is 1. The van der Waals surface area contributed by atoms with Crippen molar-refractivity contribution in [1.29, 1.82) is 0 Å². The van der Waals surface area contributed by atoms with Crippen molar-refractivity contribution in [1.82, 2.24) is 4.57 Å². The van der Waals surface area contributed by atoms with E-state index in [4.69, 9.17) is 30.8 Å². The summed E-state index contributed by atoms with van der Waals surface area (Å²) in [5.41, 5.74) is 0. The van der Waals surface area contributed by atoms with Gasteiger partial charge in [-0.2, -0.15) is 0 Å². The average Bonchev–Trinajstić information content (AvgIpc) is 2.79. The molecule has 21 heavy (non-hydrogen) atoms. The summed E-state index contributed by atoms with van der Waals surface area (Å²) in [5, 5.41) is 0. The highest BCUT2D eigenvalue weighted by molar-refractivity contribution is 7.79. The van der Waals surface area contributed by atoms with Crippen molar-refractivity contribution in [3.8, 4) is 0 Å². The van der Waals surface area contributed by atoms with Crippen LogP contribution in [0.3, 0.4) is 0 Å². The molecule has 0 radical (unpaired) electrons. The number of imidazole rings is 1. The van der Waals surface area contributed by atoms with Crippen LogP contribution in [0.25, 0.3) is 0 Å². The van der Waals surface area contributed by atoms with Gasteiger partial charge in [-0.25, -0.2) is 17.6 Å². The standard InChI is InChI=1S/C10H21N2O3Si.H2O4S/c1-11-7-8-12(10-11)6-5-9-16(13-2,14-3)15-4;1-5(2,3)4/h7-8,10H,5-6,9H2,1-4H3;(H2,1,2,3,4)/q+1;/p-1. The van der Waals surface area contributed by atoms with Crippen LogP contribution in [-0.4, -0.2) is 52.2 Å². The van der Waals surface area contributed by atoms with Crippen LogP contribution in [0.5, 0.6) is 0 Å². The van der Waals surface area contributed by atoms with Crippen LogP contribution in [0, 0.1) is 0 Å². The van der Waals surface area contributed by atoms with Crippen molar-refractivity contribution in [2.75, 3.05) is 21.3 Å². The van der Waals surface area contributed by atoms with Crippen molar-refractivity contribution < 1.29 is 35.4 Å². The third-order valence-electron chi connectivity index (χ3n) is 2.66. The lowest BCUT2D eigenvalue weighted by Crippen LogP contribution is -2.42. The van der Waals surface area contributed by atoms with Crippen LogP contribution in [-0.2, 0) is 37.3 Å². The van der Waals surface area contributed by atoms with Gasteiger partial charge >= 0.3 is 8.80 Å². The fourth-order valence-corrected chi connectivity index (χ4v) is 3.37. The molecule has 0 aliphatic carbocycles. The van der Waals surface area contributed by atoms with Crippen LogP contribution in [0.4, 0.5) is 0 Å². The van der Waals surface area contributed by atoms with Gasteiger partial charge in [-0.1, -0.05) is 0 Å². The summed E-state index contributed by atoms with van der Waals surface area (Å²) in [7, 11) is -0.349. The average molecular weight is 342 g/mol. The molecule has 0 amide bonds. The molecule has 1 rings (SSSR count). The highest BCUT2D eigenvalue weighted by Crippen LogP contribution is 2.15. The molecule has 0 aromatic carbocycles. The number of aryl methyl sites for hydroxylation is 2. The lowest BCUT2D eigenvalue weighted by molar-refractivity contribution is -0.671. The second kappa shape index (κ2) is 9.25. The van der Waals surface area contributed by atoms with Crippen LogP contribution in [0.2, 0.25) is 6.04 Å². The van der Waals surface area contributed by atoms with E-state index in [0.717, 1.165) is 19.0 Å². The topological polar surface area (TPSA) is 114 Å². The third kappa shape index (κ3) is 9.68. The smallest absolute Gasteiger partial charge is 0.500 e. The highest BCUT2D eigenvalue weighted by atomic mass is 32.3. The molecule has 0 spiro atoms. The first kappa shape index (κ1) is 20.2. The molecule has 124 valence electrons. The first-order chi connectivity index (χ1) is 9.65. The number of nitrogens with zero attached hydrogens (tertiary/aromatic N) is 2. The predicted octanol–water partition coefficient (Wildman–Crippen LogP) is -0.415. The van der Waals surface area contributed by atoms with Crippen molar-refractivity contribution in [3.05, 3.63) is 18.7 Å². The summed E-state index contributed by atoms with van der Waals surface area (Å²) in [6, 6.07) is 0.832. The summed E-state index contributed by atoms with van der Waals surface area (Å²) in [6.45, 7) is 0.950. The molecule has 0 fully saturated rings. The van der Waals surface area contributed by atoms with E-state index < -0.39 is 19.2 Å². The molecule has 1 aromatic heterocycles. The molecule has 0 saturated heterocycles. The molecule has 1 aromatic rings. The molecule has 0 atom stereocenters. The Morgan fingerprint density at radius 2 is 1.76 bits per heavy atom. The zero-order valence-electron chi connectivity index (χ0n) is 12.6. The normalized spacial score (nSPS) is 11.9. The maximum absolute atomic E-state index is 8.63. The molecule has 0 unspecified atom stereocenters. The largest absolute Gasteiger partial charge is 0.726 e. The van der Waals surface area contributed by atoms with Crippen molar-refractivity contribution in [3.63, 3.8) is 0 Å². The van der Waals surface area contributed by atoms with Gasteiger partial charge in [-0.3, -0.25) is 4.55 Å². The molecule has 0 aliphatic heterocycles. The Bertz CT molecular complexity index is 485. The van der Waals surface area contributed by atoms with Crippen molar-refractivity contribution >= 4 is 19.2 Å². The molecule has 9 nitrogen and oxygen atoms in total. The Morgan fingerprint density at radius 3 is 2.10 bits per heavy atom. The van der Waals surface area contributed by atoms with Gasteiger partial charge in [0, 0.05) is 27.4 Å². The SMILES string of the molecule is CO[Si](CCCn1cc[n+](C)c1)(OC)OC.O=S(=O)([O-])O. The molecule has 0 aliphatic rings. The van der Waals surface area contributed by atoms with Crippen molar-refractivity contribution in [2.45, 2.75) is 19.0 Å². The molecular weight excluding hydrogens is 320 g/mol. The van der Waals surface area contributed by atoms with E-state index in [1.165, 1.54) is 0 Å². The summed E-state index contributed by atoms with van der Waals surface area (Å²) >= 11 is 0. The fraction of sp³-hybridized carbons (Fsp3) is 0.700. The molecule has 0 bridgehead atoms. The quantitative estimate of drug-likeness (QED) is 0.310. The van der Waals surface area contributed by atoms with Gasteiger partial charge in [0.05, 0.1) is 13.6 Å². The zero-order chi connectivity index (χ0) is 16.5. The van der Waals surface area contributed by atoms with Gasteiger partial charge in [-0.05, 0) is 6.42 Å². The maximum Gasteiger partial charge on any atom is 0.500 e. The Labute approximate surface area is 126 Å². The second-order valence-electron chi connectivity index (χ2n) is 4.14. The van der Waals surface area contributed by atoms with Gasteiger partial charge in [0.2, 0.25) is 16.7 Å².